The Morgan fingerprint density at radius 3 is 2.37 bits per heavy atom. The molecule has 0 aliphatic heterocycles. The van der Waals surface area contributed by atoms with Crippen LogP contribution < -0.4 is 10.6 Å². The molecular formula is C14H23BrN4. The summed E-state index contributed by atoms with van der Waals surface area (Å²) in [5, 5.41) is 6.74. The predicted octanol–water partition coefficient (Wildman–Crippen LogP) is 4.05. The molecule has 0 spiro atoms. The lowest BCUT2D eigenvalue weighted by atomic mass is 9.83. The molecule has 5 heteroatoms. The van der Waals surface area contributed by atoms with Gasteiger partial charge in [0, 0.05) is 13.1 Å². The van der Waals surface area contributed by atoms with Crippen LogP contribution in [-0.2, 0) is 0 Å². The summed E-state index contributed by atoms with van der Waals surface area (Å²) in [6.45, 7) is 6.22. The maximum atomic E-state index is 4.34. The number of aromatic nitrogens is 2. The van der Waals surface area contributed by atoms with E-state index in [1.54, 1.807) is 6.33 Å². The zero-order valence-electron chi connectivity index (χ0n) is 11.8. The predicted molar refractivity (Wildman–Crippen MR) is 83.6 cm³/mol. The maximum absolute atomic E-state index is 4.34. The molecular weight excluding hydrogens is 304 g/mol. The zero-order chi connectivity index (χ0) is 13.7. The minimum absolute atomic E-state index is 0.461. The second-order valence-electron chi connectivity index (χ2n) is 5.33. The van der Waals surface area contributed by atoms with Crippen LogP contribution in [0.1, 0.15) is 46.0 Å². The number of hydrogen-bond acceptors (Lipinski definition) is 4. The number of nitrogens with one attached hydrogen (secondary N) is 2. The average molecular weight is 327 g/mol. The molecule has 1 aromatic rings. The van der Waals surface area contributed by atoms with Gasteiger partial charge in [0.15, 0.2) is 0 Å². The first-order chi connectivity index (χ1) is 9.21. The van der Waals surface area contributed by atoms with Crippen LogP contribution in [0.4, 0.5) is 11.6 Å². The summed E-state index contributed by atoms with van der Waals surface area (Å²) in [5.74, 6) is 1.75. The molecule has 0 atom stereocenters. The van der Waals surface area contributed by atoms with E-state index in [0.29, 0.717) is 5.41 Å². The third-order valence-corrected chi connectivity index (χ3v) is 4.93. The number of halogens is 1. The highest BCUT2D eigenvalue weighted by Crippen LogP contribution is 2.41. The van der Waals surface area contributed by atoms with Crippen LogP contribution in [-0.4, -0.2) is 23.1 Å². The van der Waals surface area contributed by atoms with Gasteiger partial charge in [-0.3, -0.25) is 0 Å². The third kappa shape index (κ3) is 3.38. The van der Waals surface area contributed by atoms with E-state index in [2.05, 4.69) is 50.4 Å². The topological polar surface area (TPSA) is 49.8 Å². The first-order valence-corrected chi connectivity index (χ1v) is 7.98. The van der Waals surface area contributed by atoms with E-state index in [1.165, 1.54) is 32.1 Å². The van der Waals surface area contributed by atoms with Gasteiger partial charge < -0.3 is 10.6 Å². The van der Waals surface area contributed by atoms with Crippen LogP contribution in [0.5, 0.6) is 0 Å². The summed E-state index contributed by atoms with van der Waals surface area (Å²) in [6.07, 6.45) is 8.24. The molecule has 0 radical (unpaired) electrons. The van der Waals surface area contributed by atoms with Crippen molar-refractivity contribution >= 4 is 27.6 Å². The van der Waals surface area contributed by atoms with E-state index < -0.39 is 0 Å². The molecule has 0 saturated heterocycles. The van der Waals surface area contributed by atoms with Gasteiger partial charge in [0.1, 0.15) is 22.4 Å². The molecule has 4 nitrogen and oxygen atoms in total. The zero-order valence-corrected chi connectivity index (χ0v) is 13.4. The summed E-state index contributed by atoms with van der Waals surface area (Å²) in [5.41, 5.74) is 0.461. The van der Waals surface area contributed by atoms with Crippen LogP contribution in [0.3, 0.4) is 0 Å². The molecule has 1 saturated carbocycles. The molecule has 0 aromatic carbocycles. The Morgan fingerprint density at radius 2 is 1.79 bits per heavy atom. The SMILES string of the molecule is CCNc1ncnc(NCC2(CC)CCCC2)c1Br. The van der Waals surface area contributed by atoms with Gasteiger partial charge in [0.2, 0.25) is 0 Å². The summed E-state index contributed by atoms with van der Waals surface area (Å²) in [4.78, 5) is 8.58. The van der Waals surface area contributed by atoms with Crippen molar-refractivity contribution in [1.29, 1.82) is 0 Å². The molecule has 19 heavy (non-hydrogen) atoms. The Balaban J connectivity index is 2.04. The highest BCUT2D eigenvalue weighted by atomic mass is 79.9. The van der Waals surface area contributed by atoms with E-state index in [1.807, 2.05) is 0 Å². The molecule has 1 fully saturated rings. The number of nitrogens with zero attached hydrogens (tertiary/aromatic N) is 2. The number of hydrogen-bond donors (Lipinski definition) is 2. The Bertz CT molecular complexity index is 416. The highest BCUT2D eigenvalue weighted by molar-refractivity contribution is 9.10. The van der Waals surface area contributed by atoms with Crippen molar-refractivity contribution in [2.75, 3.05) is 23.7 Å². The molecule has 0 amide bonds. The van der Waals surface area contributed by atoms with Gasteiger partial charge in [-0.25, -0.2) is 9.97 Å². The first-order valence-electron chi connectivity index (χ1n) is 7.19. The van der Waals surface area contributed by atoms with E-state index in [-0.39, 0.29) is 0 Å². The number of anilines is 2. The molecule has 1 aromatic heterocycles. The van der Waals surface area contributed by atoms with Crippen molar-refractivity contribution in [3.63, 3.8) is 0 Å². The van der Waals surface area contributed by atoms with Crippen LogP contribution in [0, 0.1) is 5.41 Å². The van der Waals surface area contributed by atoms with Gasteiger partial charge in [0.05, 0.1) is 0 Å². The van der Waals surface area contributed by atoms with Crippen LogP contribution >= 0.6 is 15.9 Å². The molecule has 1 aliphatic rings. The van der Waals surface area contributed by atoms with Crippen LogP contribution in [0.15, 0.2) is 10.8 Å². The quantitative estimate of drug-likeness (QED) is 0.827. The fraction of sp³-hybridized carbons (Fsp3) is 0.714. The second kappa shape index (κ2) is 6.55. The van der Waals surface area contributed by atoms with E-state index in [9.17, 15) is 0 Å². The van der Waals surface area contributed by atoms with Gasteiger partial charge in [-0.1, -0.05) is 19.8 Å². The molecule has 106 valence electrons. The standard InChI is InChI=1S/C14H23BrN4/c1-3-14(7-5-6-8-14)9-17-13-11(15)12(16-4-2)18-10-19-13/h10H,3-9H2,1-2H3,(H2,16,17,18,19). The molecule has 0 bridgehead atoms. The van der Waals surface area contributed by atoms with Crippen molar-refractivity contribution in [3.05, 3.63) is 10.8 Å². The molecule has 2 rings (SSSR count). The monoisotopic (exact) mass is 326 g/mol. The fourth-order valence-electron chi connectivity index (χ4n) is 2.84. The lowest BCUT2D eigenvalue weighted by Gasteiger charge is -2.28. The largest absolute Gasteiger partial charge is 0.369 e. The van der Waals surface area contributed by atoms with E-state index in [0.717, 1.165) is 29.2 Å². The Morgan fingerprint density at radius 1 is 1.16 bits per heavy atom. The van der Waals surface area contributed by atoms with Gasteiger partial charge in [-0.05, 0) is 47.5 Å². The Kier molecular flexibility index (Phi) is 5.02. The lowest BCUT2D eigenvalue weighted by molar-refractivity contribution is 0.306. The van der Waals surface area contributed by atoms with Gasteiger partial charge >= 0.3 is 0 Å². The summed E-state index contributed by atoms with van der Waals surface area (Å²) in [6, 6.07) is 0. The summed E-state index contributed by atoms with van der Waals surface area (Å²) in [7, 11) is 0. The first kappa shape index (κ1) is 14.6. The summed E-state index contributed by atoms with van der Waals surface area (Å²) < 4.78 is 0.932. The fourth-order valence-corrected chi connectivity index (χ4v) is 3.32. The van der Waals surface area contributed by atoms with E-state index >= 15 is 0 Å². The van der Waals surface area contributed by atoms with Gasteiger partial charge in [0.25, 0.3) is 0 Å². The molecule has 1 heterocycles. The third-order valence-electron chi connectivity index (χ3n) is 4.18. The Labute approximate surface area is 123 Å². The normalized spacial score (nSPS) is 17.4. The Hall–Kier alpha value is -0.840. The maximum Gasteiger partial charge on any atom is 0.145 e. The minimum Gasteiger partial charge on any atom is -0.369 e. The van der Waals surface area contributed by atoms with Crippen LogP contribution in [0.25, 0.3) is 0 Å². The van der Waals surface area contributed by atoms with E-state index in [4.69, 9.17) is 0 Å². The molecule has 2 N–H and O–H groups in total. The van der Waals surface area contributed by atoms with Gasteiger partial charge in [-0.15, -0.1) is 0 Å². The number of rotatable bonds is 6. The molecule has 1 aliphatic carbocycles. The lowest BCUT2D eigenvalue weighted by Crippen LogP contribution is -2.26. The van der Waals surface area contributed by atoms with Crippen molar-refractivity contribution in [2.24, 2.45) is 5.41 Å². The van der Waals surface area contributed by atoms with Crippen molar-refractivity contribution in [2.45, 2.75) is 46.0 Å². The van der Waals surface area contributed by atoms with Crippen LogP contribution in [0.2, 0.25) is 0 Å². The summed E-state index contributed by atoms with van der Waals surface area (Å²) >= 11 is 3.58. The van der Waals surface area contributed by atoms with Gasteiger partial charge in [-0.2, -0.15) is 0 Å². The smallest absolute Gasteiger partial charge is 0.145 e. The highest BCUT2D eigenvalue weighted by Gasteiger charge is 2.31. The van der Waals surface area contributed by atoms with Crippen molar-refractivity contribution in [1.82, 2.24) is 9.97 Å². The minimum atomic E-state index is 0.461. The second-order valence-corrected chi connectivity index (χ2v) is 6.12. The van der Waals surface area contributed by atoms with Crippen molar-refractivity contribution < 1.29 is 0 Å². The molecule has 0 unspecified atom stereocenters. The average Bonchev–Trinajstić information content (AvgIpc) is 2.89. The van der Waals surface area contributed by atoms with Crippen molar-refractivity contribution in [3.8, 4) is 0 Å².